The summed E-state index contributed by atoms with van der Waals surface area (Å²) >= 11 is 0. The Hall–Kier alpha value is -2.60. The zero-order valence-electron chi connectivity index (χ0n) is 14.4. The van der Waals surface area contributed by atoms with Gasteiger partial charge >= 0.3 is 0 Å². The molecule has 0 aliphatic rings. The van der Waals surface area contributed by atoms with Gasteiger partial charge in [-0.2, -0.15) is 0 Å². The fourth-order valence-corrected chi connectivity index (χ4v) is 3.47. The monoisotopic (exact) mass is 356 g/mol. The second kappa shape index (κ2) is 6.37. The van der Waals surface area contributed by atoms with Crippen LogP contribution >= 0.6 is 0 Å². The van der Waals surface area contributed by atoms with Crippen molar-refractivity contribution in [2.75, 3.05) is 6.26 Å². The van der Waals surface area contributed by atoms with Crippen molar-refractivity contribution in [1.29, 1.82) is 0 Å². The van der Waals surface area contributed by atoms with E-state index in [4.69, 9.17) is 0 Å². The molecule has 0 fully saturated rings. The number of nitrogens with one attached hydrogen (secondary N) is 1. The number of amides is 1. The normalized spacial score (nSPS) is 11.6. The van der Waals surface area contributed by atoms with E-state index in [1.165, 1.54) is 17.8 Å². The first-order valence-corrected chi connectivity index (χ1v) is 9.78. The van der Waals surface area contributed by atoms with E-state index in [9.17, 15) is 13.2 Å². The second-order valence-corrected chi connectivity index (χ2v) is 8.24. The van der Waals surface area contributed by atoms with Gasteiger partial charge in [0.25, 0.3) is 5.91 Å². The van der Waals surface area contributed by atoms with Crippen molar-refractivity contribution in [3.05, 3.63) is 65.4 Å². The number of nitrogens with zero attached hydrogens (tertiary/aromatic N) is 1. The summed E-state index contributed by atoms with van der Waals surface area (Å²) in [5.74, 6) is -0.296. The van der Waals surface area contributed by atoms with Crippen molar-refractivity contribution in [1.82, 2.24) is 9.88 Å². The lowest BCUT2D eigenvalue weighted by Gasteiger charge is -2.07. The maximum atomic E-state index is 12.3. The zero-order chi connectivity index (χ0) is 18.2. The van der Waals surface area contributed by atoms with Crippen LogP contribution in [-0.2, 0) is 23.4 Å². The van der Waals surface area contributed by atoms with E-state index in [0.717, 1.165) is 22.7 Å². The summed E-state index contributed by atoms with van der Waals surface area (Å²) in [5, 5.41) is 3.97. The molecule has 0 saturated carbocycles. The molecule has 2 aromatic carbocycles. The number of aryl methyl sites for hydroxylation is 2. The average molecular weight is 356 g/mol. The van der Waals surface area contributed by atoms with Crippen LogP contribution in [0.4, 0.5) is 0 Å². The second-order valence-electron chi connectivity index (χ2n) is 6.22. The predicted molar refractivity (Wildman–Crippen MR) is 98.4 cm³/mol. The Labute approximate surface area is 147 Å². The number of sulfone groups is 1. The van der Waals surface area contributed by atoms with Crippen LogP contribution in [0.2, 0.25) is 0 Å². The van der Waals surface area contributed by atoms with Crippen LogP contribution in [0, 0.1) is 6.92 Å². The van der Waals surface area contributed by atoms with Gasteiger partial charge in [0.05, 0.1) is 4.90 Å². The van der Waals surface area contributed by atoms with Crippen molar-refractivity contribution in [3.8, 4) is 0 Å². The van der Waals surface area contributed by atoms with E-state index in [2.05, 4.69) is 28.9 Å². The average Bonchev–Trinajstić information content (AvgIpc) is 2.86. The highest BCUT2D eigenvalue weighted by molar-refractivity contribution is 7.90. The number of carbonyl (C=O) groups is 1. The Bertz CT molecular complexity index is 1070. The summed E-state index contributed by atoms with van der Waals surface area (Å²) in [6.07, 6.45) is 1.13. The van der Waals surface area contributed by atoms with Crippen LogP contribution in [0.15, 0.2) is 53.4 Å². The van der Waals surface area contributed by atoms with Gasteiger partial charge < -0.3 is 9.88 Å². The number of aromatic nitrogens is 1. The van der Waals surface area contributed by atoms with Crippen molar-refractivity contribution < 1.29 is 13.2 Å². The number of rotatable bonds is 4. The van der Waals surface area contributed by atoms with Crippen LogP contribution in [-0.4, -0.2) is 25.1 Å². The van der Waals surface area contributed by atoms with Gasteiger partial charge in [0.1, 0.15) is 0 Å². The first-order valence-electron chi connectivity index (χ1n) is 7.89. The molecule has 1 heterocycles. The summed E-state index contributed by atoms with van der Waals surface area (Å²) in [7, 11) is -1.31. The van der Waals surface area contributed by atoms with E-state index in [-0.39, 0.29) is 10.8 Å². The van der Waals surface area contributed by atoms with Crippen LogP contribution in [0.3, 0.4) is 0 Å². The lowest BCUT2D eigenvalue weighted by molar-refractivity contribution is 0.0950. The van der Waals surface area contributed by atoms with Gasteiger partial charge in [-0.25, -0.2) is 8.42 Å². The molecule has 0 aliphatic carbocycles. The number of fused-ring (bicyclic) bond motifs is 1. The Morgan fingerprint density at radius 3 is 2.60 bits per heavy atom. The lowest BCUT2D eigenvalue weighted by Crippen LogP contribution is -2.23. The highest BCUT2D eigenvalue weighted by Gasteiger charge is 2.11. The van der Waals surface area contributed by atoms with Crippen LogP contribution in [0.25, 0.3) is 10.9 Å². The Kier molecular flexibility index (Phi) is 4.39. The van der Waals surface area contributed by atoms with Gasteiger partial charge in [-0.05, 0) is 48.9 Å². The Balaban J connectivity index is 1.76. The van der Waals surface area contributed by atoms with Crippen molar-refractivity contribution in [2.24, 2.45) is 7.05 Å². The fraction of sp³-hybridized carbons (Fsp3) is 0.211. The molecule has 0 spiro atoms. The molecule has 5 nitrogen and oxygen atoms in total. The topological polar surface area (TPSA) is 68.2 Å². The molecule has 1 N–H and O–H groups in total. The van der Waals surface area contributed by atoms with Gasteiger partial charge in [-0.15, -0.1) is 0 Å². The smallest absolute Gasteiger partial charge is 0.251 e. The number of hydrogen-bond acceptors (Lipinski definition) is 3. The molecule has 1 aromatic heterocycles. The summed E-state index contributed by atoms with van der Waals surface area (Å²) in [6.45, 7) is 2.43. The molecular weight excluding hydrogens is 336 g/mol. The third-order valence-electron chi connectivity index (χ3n) is 4.32. The van der Waals surface area contributed by atoms with E-state index in [0.29, 0.717) is 12.1 Å². The maximum absolute atomic E-state index is 12.3. The third-order valence-corrected chi connectivity index (χ3v) is 5.43. The van der Waals surface area contributed by atoms with Crippen molar-refractivity contribution in [2.45, 2.75) is 18.4 Å². The zero-order valence-corrected chi connectivity index (χ0v) is 15.2. The summed E-state index contributed by atoms with van der Waals surface area (Å²) in [5.41, 5.74) is 3.65. The molecule has 1 amide bonds. The molecule has 0 bridgehead atoms. The summed E-state index contributed by atoms with van der Waals surface area (Å²) in [6, 6.07) is 14.2. The van der Waals surface area contributed by atoms with Gasteiger partial charge in [0, 0.05) is 42.0 Å². The van der Waals surface area contributed by atoms with Gasteiger partial charge in [0.15, 0.2) is 9.84 Å². The predicted octanol–water partition coefficient (Wildman–Crippen LogP) is 2.82. The standard InChI is InChI=1S/C19H20N2O3S/c1-13-9-16-10-14(7-8-18(16)21(13)2)12-20-19(22)15-5-4-6-17(11-15)25(3,23)24/h4-11H,12H2,1-3H3,(H,20,22). The number of carbonyl (C=O) groups excluding carboxylic acids is 1. The van der Waals surface area contributed by atoms with E-state index in [1.807, 2.05) is 19.2 Å². The molecule has 130 valence electrons. The first kappa shape index (κ1) is 17.2. The van der Waals surface area contributed by atoms with Gasteiger partial charge in [-0.1, -0.05) is 12.1 Å². The largest absolute Gasteiger partial charge is 0.348 e. The minimum atomic E-state index is -3.33. The highest BCUT2D eigenvalue weighted by Crippen LogP contribution is 2.20. The quantitative estimate of drug-likeness (QED) is 0.782. The van der Waals surface area contributed by atoms with Crippen molar-refractivity contribution >= 4 is 26.6 Å². The minimum Gasteiger partial charge on any atom is -0.348 e. The molecule has 3 aromatic rings. The molecule has 0 unspecified atom stereocenters. The molecule has 6 heteroatoms. The highest BCUT2D eigenvalue weighted by atomic mass is 32.2. The summed E-state index contributed by atoms with van der Waals surface area (Å²) in [4.78, 5) is 12.4. The first-order chi connectivity index (χ1) is 11.8. The van der Waals surface area contributed by atoms with Gasteiger partial charge in [0.2, 0.25) is 0 Å². The SMILES string of the molecule is Cc1cc2cc(CNC(=O)c3cccc(S(C)(=O)=O)c3)ccc2n1C. The van der Waals surface area contributed by atoms with E-state index < -0.39 is 9.84 Å². The Morgan fingerprint density at radius 2 is 1.88 bits per heavy atom. The van der Waals surface area contributed by atoms with Crippen LogP contribution in [0.5, 0.6) is 0 Å². The van der Waals surface area contributed by atoms with Crippen LogP contribution in [0.1, 0.15) is 21.6 Å². The third kappa shape index (κ3) is 3.58. The van der Waals surface area contributed by atoms with Crippen LogP contribution < -0.4 is 5.32 Å². The van der Waals surface area contributed by atoms with Gasteiger partial charge in [-0.3, -0.25) is 4.79 Å². The molecule has 0 aliphatic heterocycles. The minimum absolute atomic E-state index is 0.140. The molecule has 0 radical (unpaired) electrons. The Morgan fingerprint density at radius 1 is 1.12 bits per heavy atom. The molecule has 3 rings (SSSR count). The number of benzene rings is 2. The summed E-state index contributed by atoms with van der Waals surface area (Å²) < 4.78 is 25.3. The molecule has 0 saturated heterocycles. The molecule has 25 heavy (non-hydrogen) atoms. The van der Waals surface area contributed by atoms with E-state index >= 15 is 0 Å². The van der Waals surface area contributed by atoms with E-state index in [1.54, 1.807) is 12.1 Å². The fourth-order valence-electron chi connectivity index (χ4n) is 2.80. The lowest BCUT2D eigenvalue weighted by atomic mass is 10.1. The maximum Gasteiger partial charge on any atom is 0.251 e. The molecular formula is C19H20N2O3S. The van der Waals surface area contributed by atoms with Crippen molar-refractivity contribution in [3.63, 3.8) is 0 Å². The number of hydrogen-bond donors (Lipinski definition) is 1. The molecule has 0 atom stereocenters.